The fraction of sp³-hybridized carbons (Fsp3) is 0.462. The number of rotatable bonds is 3. The maximum Gasteiger partial charge on any atom is 0.0665 e. The van der Waals surface area contributed by atoms with Gasteiger partial charge in [0.15, 0.2) is 0 Å². The zero-order valence-corrected chi connectivity index (χ0v) is 8.96. The molecular weight excluding hydrogens is 170 g/mol. The van der Waals surface area contributed by atoms with Gasteiger partial charge in [-0.05, 0) is 30.4 Å². The number of aliphatic imine (C=N–C) groups is 1. The standard InChI is InChI=1S/C13H17N/c1-3-10(4-2)13-9-11-7-5-6-8-12(11)14-13/h5-8,10H,3-4,9H2,1-2H3. The van der Waals surface area contributed by atoms with Gasteiger partial charge in [0.2, 0.25) is 0 Å². The van der Waals surface area contributed by atoms with E-state index in [0.717, 1.165) is 6.42 Å². The molecule has 1 aliphatic rings. The summed E-state index contributed by atoms with van der Waals surface area (Å²) < 4.78 is 0. The van der Waals surface area contributed by atoms with Gasteiger partial charge in [-0.1, -0.05) is 32.0 Å². The van der Waals surface area contributed by atoms with Crippen molar-refractivity contribution in [3.63, 3.8) is 0 Å². The van der Waals surface area contributed by atoms with E-state index < -0.39 is 0 Å². The van der Waals surface area contributed by atoms with Crippen LogP contribution in [-0.2, 0) is 6.42 Å². The van der Waals surface area contributed by atoms with Crippen LogP contribution in [0.15, 0.2) is 29.3 Å². The summed E-state index contributed by atoms with van der Waals surface area (Å²) in [4.78, 5) is 4.71. The molecule has 1 nitrogen and oxygen atoms in total. The zero-order valence-electron chi connectivity index (χ0n) is 8.96. The molecule has 0 fully saturated rings. The van der Waals surface area contributed by atoms with Gasteiger partial charge in [0.1, 0.15) is 0 Å². The molecule has 1 heteroatoms. The fourth-order valence-corrected chi connectivity index (χ4v) is 2.15. The SMILES string of the molecule is CCC(CC)C1=Nc2ccccc2C1. The molecule has 14 heavy (non-hydrogen) atoms. The van der Waals surface area contributed by atoms with Crippen molar-refractivity contribution in [1.82, 2.24) is 0 Å². The highest BCUT2D eigenvalue weighted by Gasteiger charge is 2.19. The molecule has 0 radical (unpaired) electrons. The van der Waals surface area contributed by atoms with E-state index in [1.54, 1.807) is 0 Å². The molecule has 2 rings (SSSR count). The van der Waals surface area contributed by atoms with E-state index in [4.69, 9.17) is 4.99 Å². The summed E-state index contributed by atoms with van der Waals surface area (Å²) in [7, 11) is 0. The molecule has 1 heterocycles. The van der Waals surface area contributed by atoms with E-state index in [1.165, 1.54) is 29.8 Å². The minimum absolute atomic E-state index is 0.683. The van der Waals surface area contributed by atoms with Crippen molar-refractivity contribution in [2.24, 2.45) is 10.9 Å². The second-order valence-electron chi connectivity index (χ2n) is 3.92. The summed E-state index contributed by atoms with van der Waals surface area (Å²) in [5, 5.41) is 0. The van der Waals surface area contributed by atoms with Crippen LogP contribution < -0.4 is 0 Å². The molecule has 0 saturated carbocycles. The molecule has 0 aliphatic carbocycles. The lowest BCUT2D eigenvalue weighted by atomic mass is 9.94. The van der Waals surface area contributed by atoms with Gasteiger partial charge >= 0.3 is 0 Å². The van der Waals surface area contributed by atoms with Gasteiger partial charge in [0, 0.05) is 12.1 Å². The van der Waals surface area contributed by atoms with Crippen molar-refractivity contribution in [3.8, 4) is 0 Å². The lowest BCUT2D eigenvalue weighted by Crippen LogP contribution is -2.12. The highest BCUT2D eigenvalue weighted by atomic mass is 14.8. The van der Waals surface area contributed by atoms with Gasteiger partial charge in [-0.3, -0.25) is 4.99 Å². The molecule has 0 amide bonds. The van der Waals surface area contributed by atoms with Crippen molar-refractivity contribution >= 4 is 11.4 Å². The average Bonchev–Trinajstić information content (AvgIpc) is 2.63. The van der Waals surface area contributed by atoms with E-state index in [-0.39, 0.29) is 0 Å². The molecule has 1 aromatic rings. The van der Waals surface area contributed by atoms with Crippen molar-refractivity contribution in [3.05, 3.63) is 29.8 Å². The van der Waals surface area contributed by atoms with E-state index in [1.807, 2.05) is 0 Å². The molecule has 0 bridgehead atoms. The smallest absolute Gasteiger partial charge is 0.0665 e. The molecular formula is C13H17N. The van der Waals surface area contributed by atoms with Gasteiger partial charge in [-0.2, -0.15) is 0 Å². The third-order valence-corrected chi connectivity index (χ3v) is 3.08. The number of hydrogen-bond donors (Lipinski definition) is 0. The van der Waals surface area contributed by atoms with Crippen molar-refractivity contribution in [2.45, 2.75) is 33.1 Å². The molecule has 74 valence electrons. The van der Waals surface area contributed by atoms with Crippen LogP contribution in [0.1, 0.15) is 32.3 Å². The maximum absolute atomic E-state index is 4.71. The topological polar surface area (TPSA) is 12.4 Å². The van der Waals surface area contributed by atoms with Crippen molar-refractivity contribution < 1.29 is 0 Å². The Balaban J connectivity index is 2.22. The lowest BCUT2D eigenvalue weighted by Gasteiger charge is -2.11. The number of hydrogen-bond acceptors (Lipinski definition) is 1. The Morgan fingerprint density at radius 2 is 1.93 bits per heavy atom. The minimum Gasteiger partial charge on any atom is -0.257 e. The Labute approximate surface area is 85.9 Å². The van der Waals surface area contributed by atoms with Crippen molar-refractivity contribution in [2.75, 3.05) is 0 Å². The van der Waals surface area contributed by atoms with E-state index in [2.05, 4.69) is 38.1 Å². The van der Waals surface area contributed by atoms with E-state index in [9.17, 15) is 0 Å². The molecule has 0 saturated heterocycles. The highest BCUT2D eigenvalue weighted by molar-refractivity contribution is 5.95. The molecule has 0 spiro atoms. The molecule has 0 atom stereocenters. The Bertz CT molecular complexity index is 348. The quantitative estimate of drug-likeness (QED) is 0.683. The molecule has 1 aliphatic heterocycles. The molecule has 0 aromatic heterocycles. The van der Waals surface area contributed by atoms with Crippen molar-refractivity contribution in [1.29, 1.82) is 0 Å². The van der Waals surface area contributed by atoms with Crippen LogP contribution >= 0.6 is 0 Å². The predicted octanol–water partition coefficient (Wildman–Crippen LogP) is 3.75. The molecule has 0 N–H and O–H groups in total. The lowest BCUT2D eigenvalue weighted by molar-refractivity contribution is 0.637. The van der Waals surface area contributed by atoms with Crippen LogP contribution in [0.2, 0.25) is 0 Å². The Morgan fingerprint density at radius 3 is 2.57 bits per heavy atom. The van der Waals surface area contributed by atoms with Gasteiger partial charge < -0.3 is 0 Å². The van der Waals surface area contributed by atoms with Crippen LogP contribution in [-0.4, -0.2) is 5.71 Å². The third-order valence-electron chi connectivity index (χ3n) is 3.08. The molecule has 1 aromatic carbocycles. The highest BCUT2D eigenvalue weighted by Crippen LogP contribution is 2.29. The van der Waals surface area contributed by atoms with E-state index >= 15 is 0 Å². The summed E-state index contributed by atoms with van der Waals surface area (Å²) in [6.07, 6.45) is 3.50. The number of para-hydroxylation sites is 1. The Hall–Kier alpha value is -1.11. The largest absolute Gasteiger partial charge is 0.257 e. The monoisotopic (exact) mass is 187 g/mol. The second kappa shape index (κ2) is 3.95. The number of benzene rings is 1. The van der Waals surface area contributed by atoms with Crippen LogP contribution in [0.25, 0.3) is 0 Å². The average molecular weight is 187 g/mol. The van der Waals surface area contributed by atoms with E-state index in [0.29, 0.717) is 5.92 Å². The summed E-state index contributed by atoms with van der Waals surface area (Å²) in [5.74, 6) is 0.683. The summed E-state index contributed by atoms with van der Waals surface area (Å²) in [5.41, 5.74) is 3.97. The van der Waals surface area contributed by atoms with Crippen LogP contribution in [0.4, 0.5) is 5.69 Å². The number of fused-ring (bicyclic) bond motifs is 1. The minimum atomic E-state index is 0.683. The zero-order chi connectivity index (χ0) is 9.97. The van der Waals surface area contributed by atoms with Gasteiger partial charge in [0.25, 0.3) is 0 Å². The first kappa shape index (κ1) is 9.45. The third kappa shape index (κ3) is 1.59. The summed E-state index contributed by atoms with van der Waals surface area (Å²) >= 11 is 0. The summed E-state index contributed by atoms with van der Waals surface area (Å²) in [6.45, 7) is 4.50. The van der Waals surface area contributed by atoms with Gasteiger partial charge in [-0.15, -0.1) is 0 Å². The maximum atomic E-state index is 4.71. The number of nitrogens with zero attached hydrogens (tertiary/aromatic N) is 1. The first-order valence-corrected chi connectivity index (χ1v) is 5.50. The van der Waals surface area contributed by atoms with Gasteiger partial charge in [-0.25, -0.2) is 0 Å². The van der Waals surface area contributed by atoms with Crippen LogP contribution in [0.3, 0.4) is 0 Å². The Kier molecular flexibility index (Phi) is 2.67. The fourth-order valence-electron chi connectivity index (χ4n) is 2.15. The van der Waals surface area contributed by atoms with Crippen LogP contribution in [0.5, 0.6) is 0 Å². The normalized spacial score (nSPS) is 14.4. The second-order valence-corrected chi connectivity index (χ2v) is 3.92. The van der Waals surface area contributed by atoms with Gasteiger partial charge in [0.05, 0.1) is 5.69 Å². The molecule has 0 unspecified atom stereocenters. The first-order valence-electron chi connectivity index (χ1n) is 5.50. The Morgan fingerprint density at radius 1 is 1.21 bits per heavy atom. The summed E-state index contributed by atoms with van der Waals surface area (Å²) in [6, 6.07) is 8.47. The van der Waals surface area contributed by atoms with Crippen LogP contribution in [0, 0.1) is 5.92 Å². The first-order chi connectivity index (χ1) is 6.85. The predicted molar refractivity (Wildman–Crippen MR) is 61.3 cm³/mol.